The molecule has 1 N–H and O–H groups in total. The molecule has 1 aromatic heterocycles. The fourth-order valence-corrected chi connectivity index (χ4v) is 1.84. The van der Waals surface area contributed by atoms with Crippen LogP contribution in [0.25, 0.3) is 10.9 Å². The lowest BCUT2D eigenvalue weighted by atomic mass is 10.1. The van der Waals surface area contributed by atoms with E-state index in [1.54, 1.807) is 0 Å². The van der Waals surface area contributed by atoms with Crippen molar-refractivity contribution in [1.29, 1.82) is 0 Å². The summed E-state index contributed by atoms with van der Waals surface area (Å²) in [5.41, 5.74) is 2.23. The summed E-state index contributed by atoms with van der Waals surface area (Å²) in [4.78, 5) is 0. The van der Waals surface area contributed by atoms with Crippen LogP contribution in [0, 0.1) is 0 Å². The summed E-state index contributed by atoms with van der Waals surface area (Å²) in [5.74, 6) is 0. The molecule has 0 amide bonds. The van der Waals surface area contributed by atoms with Gasteiger partial charge in [-0.3, -0.25) is 4.68 Å². The molecule has 0 aliphatic carbocycles. The highest BCUT2D eigenvalue weighted by Crippen LogP contribution is 2.18. The van der Waals surface area contributed by atoms with Gasteiger partial charge in [-0.25, -0.2) is 0 Å². The van der Waals surface area contributed by atoms with E-state index < -0.39 is 0 Å². The van der Waals surface area contributed by atoms with Crippen LogP contribution in [-0.2, 0) is 13.5 Å². The molecule has 1 aromatic carbocycles. The van der Waals surface area contributed by atoms with Crippen LogP contribution in [0.1, 0.15) is 19.0 Å². The van der Waals surface area contributed by atoms with Gasteiger partial charge in [0.2, 0.25) is 0 Å². The van der Waals surface area contributed by atoms with Crippen molar-refractivity contribution < 1.29 is 5.11 Å². The van der Waals surface area contributed by atoms with E-state index in [4.69, 9.17) is 0 Å². The van der Waals surface area contributed by atoms with Crippen molar-refractivity contribution in [2.24, 2.45) is 7.05 Å². The minimum atomic E-state index is -0.251. The van der Waals surface area contributed by atoms with Crippen LogP contribution in [0.3, 0.4) is 0 Å². The lowest BCUT2D eigenvalue weighted by Gasteiger charge is -2.04. The molecule has 0 fully saturated rings. The summed E-state index contributed by atoms with van der Waals surface area (Å²) in [7, 11) is 1.96. The highest BCUT2D eigenvalue weighted by molar-refractivity contribution is 5.81. The normalized spacial score (nSPS) is 13.3. The first kappa shape index (κ1) is 10.2. The summed E-state index contributed by atoms with van der Waals surface area (Å²) in [6, 6.07) is 8.12. The van der Waals surface area contributed by atoms with Crippen LogP contribution < -0.4 is 0 Å². The molecule has 0 spiro atoms. The highest BCUT2D eigenvalue weighted by atomic mass is 16.3. The van der Waals surface area contributed by atoms with Crippen LogP contribution in [0.4, 0.5) is 0 Å². The third-order valence-electron chi connectivity index (χ3n) is 2.66. The molecule has 1 atom stereocenters. The molecule has 0 bridgehead atoms. The van der Waals surface area contributed by atoms with Crippen molar-refractivity contribution in [2.75, 3.05) is 0 Å². The second-order valence-corrected chi connectivity index (χ2v) is 3.98. The Labute approximate surface area is 89.3 Å². The first-order chi connectivity index (χ1) is 7.18. The zero-order valence-corrected chi connectivity index (χ0v) is 9.14. The fourth-order valence-electron chi connectivity index (χ4n) is 1.84. The van der Waals surface area contributed by atoms with Gasteiger partial charge in [0.1, 0.15) is 0 Å². The molecule has 0 radical (unpaired) electrons. The Hall–Kier alpha value is -1.35. The van der Waals surface area contributed by atoms with Crippen LogP contribution in [0.2, 0.25) is 0 Å². The van der Waals surface area contributed by atoms with Crippen molar-refractivity contribution in [3.05, 3.63) is 30.0 Å². The second-order valence-electron chi connectivity index (χ2n) is 3.98. The van der Waals surface area contributed by atoms with Gasteiger partial charge in [0.05, 0.1) is 11.6 Å². The van der Waals surface area contributed by atoms with Crippen molar-refractivity contribution >= 4 is 10.9 Å². The Bertz CT molecular complexity index is 460. The van der Waals surface area contributed by atoms with Crippen molar-refractivity contribution in [3.8, 4) is 0 Å². The van der Waals surface area contributed by atoms with Gasteiger partial charge in [-0.2, -0.15) is 5.10 Å². The maximum absolute atomic E-state index is 9.28. The molecule has 0 unspecified atom stereocenters. The van der Waals surface area contributed by atoms with Gasteiger partial charge in [0, 0.05) is 18.1 Å². The average Bonchev–Trinajstić information content (AvgIpc) is 2.50. The Morgan fingerprint density at radius 3 is 2.87 bits per heavy atom. The van der Waals surface area contributed by atoms with Gasteiger partial charge < -0.3 is 5.11 Å². The summed E-state index contributed by atoms with van der Waals surface area (Å²) in [5, 5.41) is 14.9. The molecule has 2 rings (SSSR count). The molecular formula is C12H16N2O. The van der Waals surface area contributed by atoms with E-state index in [-0.39, 0.29) is 6.10 Å². The number of aryl methyl sites for hydroxylation is 2. The summed E-state index contributed by atoms with van der Waals surface area (Å²) >= 11 is 0. The number of rotatable bonds is 3. The molecular weight excluding hydrogens is 188 g/mol. The zero-order valence-electron chi connectivity index (χ0n) is 9.14. The van der Waals surface area contributed by atoms with E-state index in [0.29, 0.717) is 0 Å². The van der Waals surface area contributed by atoms with Crippen molar-refractivity contribution in [1.82, 2.24) is 9.78 Å². The van der Waals surface area contributed by atoms with E-state index in [9.17, 15) is 5.11 Å². The lowest BCUT2D eigenvalue weighted by molar-refractivity contribution is 0.184. The SMILES string of the molecule is C[C@H](O)CCc1c2ccccc2nn1C. The van der Waals surface area contributed by atoms with Crippen LogP contribution >= 0.6 is 0 Å². The van der Waals surface area contributed by atoms with Gasteiger partial charge in [0.15, 0.2) is 0 Å². The lowest BCUT2D eigenvalue weighted by Crippen LogP contribution is -2.05. The molecule has 0 saturated carbocycles. The Morgan fingerprint density at radius 1 is 1.40 bits per heavy atom. The summed E-state index contributed by atoms with van der Waals surface area (Å²) in [6.07, 6.45) is 1.40. The molecule has 3 heteroatoms. The summed E-state index contributed by atoms with van der Waals surface area (Å²) < 4.78 is 1.91. The predicted octanol–water partition coefficient (Wildman–Crippen LogP) is 1.89. The number of hydrogen-bond acceptors (Lipinski definition) is 2. The first-order valence-corrected chi connectivity index (χ1v) is 5.27. The van der Waals surface area contributed by atoms with Gasteiger partial charge >= 0.3 is 0 Å². The van der Waals surface area contributed by atoms with Crippen LogP contribution in [0.5, 0.6) is 0 Å². The van der Waals surface area contributed by atoms with E-state index in [1.807, 2.05) is 36.9 Å². The van der Waals surface area contributed by atoms with Crippen molar-refractivity contribution in [2.45, 2.75) is 25.9 Å². The minimum Gasteiger partial charge on any atom is -0.393 e. The van der Waals surface area contributed by atoms with Gasteiger partial charge in [-0.05, 0) is 25.8 Å². The molecule has 1 heterocycles. The number of aliphatic hydroxyl groups excluding tert-OH is 1. The zero-order chi connectivity index (χ0) is 10.8. The molecule has 3 nitrogen and oxygen atoms in total. The second kappa shape index (κ2) is 4.03. The number of benzene rings is 1. The Balaban J connectivity index is 2.36. The van der Waals surface area contributed by atoms with Gasteiger partial charge in [-0.15, -0.1) is 0 Å². The van der Waals surface area contributed by atoms with Crippen molar-refractivity contribution in [3.63, 3.8) is 0 Å². The van der Waals surface area contributed by atoms with E-state index in [2.05, 4.69) is 11.2 Å². The minimum absolute atomic E-state index is 0.251. The largest absolute Gasteiger partial charge is 0.393 e. The highest BCUT2D eigenvalue weighted by Gasteiger charge is 2.08. The quantitative estimate of drug-likeness (QED) is 0.829. The smallest absolute Gasteiger partial charge is 0.0926 e. The standard InChI is InChI=1S/C12H16N2O/c1-9(15)7-8-12-10-5-3-4-6-11(10)13-14(12)2/h3-6,9,15H,7-8H2,1-2H3/t9-/m0/s1. The number of hydrogen-bond donors (Lipinski definition) is 1. The molecule has 80 valence electrons. The summed E-state index contributed by atoms with van der Waals surface area (Å²) in [6.45, 7) is 1.82. The fraction of sp³-hybridized carbons (Fsp3) is 0.417. The Kier molecular flexibility index (Phi) is 2.73. The first-order valence-electron chi connectivity index (χ1n) is 5.27. The van der Waals surface area contributed by atoms with Crippen LogP contribution in [0.15, 0.2) is 24.3 Å². The van der Waals surface area contributed by atoms with Gasteiger partial charge in [-0.1, -0.05) is 18.2 Å². The molecule has 0 aliphatic rings. The van der Waals surface area contributed by atoms with Gasteiger partial charge in [0.25, 0.3) is 0 Å². The molecule has 15 heavy (non-hydrogen) atoms. The number of nitrogens with zero attached hydrogens (tertiary/aromatic N) is 2. The van der Waals surface area contributed by atoms with E-state index >= 15 is 0 Å². The molecule has 0 saturated heterocycles. The predicted molar refractivity (Wildman–Crippen MR) is 60.7 cm³/mol. The maximum Gasteiger partial charge on any atom is 0.0926 e. The topological polar surface area (TPSA) is 38.1 Å². The number of aliphatic hydroxyl groups is 1. The monoisotopic (exact) mass is 204 g/mol. The van der Waals surface area contributed by atoms with Crippen LogP contribution in [-0.4, -0.2) is 21.0 Å². The van der Waals surface area contributed by atoms with E-state index in [1.165, 1.54) is 11.1 Å². The molecule has 0 aliphatic heterocycles. The average molecular weight is 204 g/mol. The number of aromatic nitrogens is 2. The number of fused-ring (bicyclic) bond motifs is 1. The van der Waals surface area contributed by atoms with E-state index in [0.717, 1.165) is 18.4 Å². The molecule has 2 aromatic rings. The Morgan fingerprint density at radius 2 is 2.13 bits per heavy atom. The third-order valence-corrected chi connectivity index (χ3v) is 2.66. The third kappa shape index (κ3) is 2.02. The maximum atomic E-state index is 9.28.